The van der Waals surface area contributed by atoms with Gasteiger partial charge >= 0.3 is 0 Å². The Kier molecular flexibility index (Phi) is 4.42. The van der Waals surface area contributed by atoms with E-state index in [1.54, 1.807) is 23.1 Å². The number of hydrogen-bond acceptors (Lipinski definition) is 5. The maximum Gasteiger partial charge on any atom is 0.133 e. The van der Waals surface area contributed by atoms with E-state index in [0.29, 0.717) is 13.2 Å². The van der Waals surface area contributed by atoms with E-state index in [1.807, 2.05) is 35.9 Å². The molecule has 3 nitrogen and oxygen atoms in total. The minimum absolute atomic E-state index is 0.492. The summed E-state index contributed by atoms with van der Waals surface area (Å²) in [6.45, 7) is 0.986. The van der Waals surface area contributed by atoms with Crippen LogP contribution in [-0.4, -0.2) is 11.2 Å². The van der Waals surface area contributed by atoms with Crippen LogP contribution < -0.4 is 10.5 Å². The van der Waals surface area contributed by atoms with Crippen molar-refractivity contribution in [2.45, 2.75) is 18.0 Å². The Labute approximate surface area is 109 Å². The summed E-state index contributed by atoms with van der Waals surface area (Å²) < 4.78 is 5.75. The van der Waals surface area contributed by atoms with Crippen LogP contribution >= 0.6 is 23.1 Å². The second-order valence-electron chi connectivity index (χ2n) is 3.38. The predicted molar refractivity (Wildman–Crippen MR) is 72.6 cm³/mol. The van der Waals surface area contributed by atoms with Crippen LogP contribution in [0.25, 0.3) is 0 Å². The molecule has 17 heavy (non-hydrogen) atoms. The molecule has 1 heterocycles. The molecule has 0 amide bonds. The second-order valence-corrected chi connectivity index (χ2v) is 5.17. The fourth-order valence-corrected chi connectivity index (χ4v) is 2.60. The van der Waals surface area contributed by atoms with Crippen molar-refractivity contribution in [3.05, 3.63) is 40.3 Å². The van der Waals surface area contributed by atoms with E-state index in [-0.39, 0.29) is 0 Å². The van der Waals surface area contributed by atoms with Crippen molar-refractivity contribution in [1.82, 2.24) is 4.98 Å². The molecule has 0 fully saturated rings. The summed E-state index contributed by atoms with van der Waals surface area (Å²) in [6, 6.07) is 8.00. The Bertz CT molecular complexity index is 485. The molecule has 0 saturated carbocycles. The quantitative estimate of drug-likeness (QED) is 0.845. The van der Waals surface area contributed by atoms with E-state index in [1.165, 1.54) is 0 Å². The highest BCUT2D eigenvalue weighted by Gasteiger charge is 2.04. The number of nitrogens with two attached hydrogens (primary N) is 1. The van der Waals surface area contributed by atoms with E-state index in [9.17, 15) is 0 Å². The molecule has 0 spiro atoms. The van der Waals surface area contributed by atoms with Gasteiger partial charge in [-0.05, 0) is 18.4 Å². The molecule has 0 atom stereocenters. The minimum Gasteiger partial charge on any atom is -0.486 e. The van der Waals surface area contributed by atoms with E-state index in [2.05, 4.69) is 4.98 Å². The van der Waals surface area contributed by atoms with Gasteiger partial charge in [0.05, 0.1) is 5.69 Å². The fraction of sp³-hybridized carbons (Fsp3) is 0.250. The molecule has 0 aliphatic rings. The van der Waals surface area contributed by atoms with Crippen LogP contribution in [0.1, 0.15) is 10.7 Å². The van der Waals surface area contributed by atoms with Gasteiger partial charge in [0.2, 0.25) is 0 Å². The normalized spacial score (nSPS) is 10.5. The van der Waals surface area contributed by atoms with Gasteiger partial charge in [0.25, 0.3) is 0 Å². The van der Waals surface area contributed by atoms with Gasteiger partial charge in [-0.15, -0.1) is 23.1 Å². The number of para-hydroxylation sites is 1. The first-order chi connectivity index (χ1) is 8.33. The molecule has 90 valence electrons. The largest absolute Gasteiger partial charge is 0.486 e. The van der Waals surface area contributed by atoms with Crippen LogP contribution in [0.2, 0.25) is 0 Å². The van der Waals surface area contributed by atoms with Crippen LogP contribution in [0, 0.1) is 0 Å². The monoisotopic (exact) mass is 266 g/mol. The third-order valence-corrected chi connectivity index (χ3v) is 3.92. The molecule has 2 rings (SSSR count). The first-order valence-electron chi connectivity index (χ1n) is 5.22. The van der Waals surface area contributed by atoms with Crippen molar-refractivity contribution < 1.29 is 4.74 Å². The third-order valence-electron chi connectivity index (χ3n) is 2.22. The molecule has 0 aliphatic heterocycles. The molecule has 5 heteroatoms. The first-order valence-corrected chi connectivity index (χ1v) is 7.33. The highest BCUT2D eigenvalue weighted by atomic mass is 32.2. The Morgan fingerprint density at radius 3 is 2.94 bits per heavy atom. The van der Waals surface area contributed by atoms with Gasteiger partial charge in [0, 0.05) is 16.8 Å². The van der Waals surface area contributed by atoms with Crippen LogP contribution in [0.3, 0.4) is 0 Å². The average Bonchev–Trinajstić information content (AvgIpc) is 2.84. The molecule has 0 aliphatic carbocycles. The molecule has 0 unspecified atom stereocenters. The zero-order valence-electron chi connectivity index (χ0n) is 9.55. The molecule has 0 saturated heterocycles. The van der Waals surface area contributed by atoms with Gasteiger partial charge in [-0.1, -0.05) is 12.1 Å². The Morgan fingerprint density at radius 2 is 2.24 bits per heavy atom. The SMILES string of the molecule is CSc1ccccc1OCc1csc(CN)n1. The lowest BCUT2D eigenvalue weighted by molar-refractivity contribution is 0.295. The highest BCUT2D eigenvalue weighted by molar-refractivity contribution is 7.98. The summed E-state index contributed by atoms with van der Waals surface area (Å²) in [5, 5.41) is 2.94. The van der Waals surface area contributed by atoms with E-state index in [4.69, 9.17) is 10.5 Å². The zero-order valence-corrected chi connectivity index (χ0v) is 11.2. The lowest BCUT2D eigenvalue weighted by Crippen LogP contribution is -1.99. The van der Waals surface area contributed by atoms with Crippen LogP contribution in [-0.2, 0) is 13.2 Å². The van der Waals surface area contributed by atoms with Crippen LogP contribution in [0.15, 0.2) is 34.5 Å². The zero-order chi connectivity index (χ0) is 12.1. The van der Waals surface area contributed by atoms with Gasteiger partial charge < -0.3 is 10.5 Å². The molecular formula is C12H14N2OS2. The standard InChI is InChI=1S/C12H14N2OS2/c1-16-11-5-3-2-4-10(11)15-7-9-8-17-12(6-13)14-9/h2-5,8H,6-7,13H2,1H3. The lowest BCUT2D eigenvalue weighted by atomic mass is 10.3. The summed E-state index contributed by atoms with van der Waals surface area (Å²) in [7, 11) is 0. The summed E-state index contributed by atoms with van der Waals surface area (Å²) >= 11 is 3.25. The van der Waals surface area contributed by atoms with Gasteiger partial charge in [-0.2, -0.15) is 0 Å². The number of ether oxygens (including phenoxy) is 1. The topological polar surface area (TPSA) is 48.1 Å². The van der Waals surface area contributed by atoms with Crippen molar-refractivity contribution in [1.29, 1.82) is 0 Å². The minimum atomic E-state index is 0.492. The van der Waals surface area contributed by atoms with E-state index >= 15 is 0 Å². The van der Waals surface area contributed by atoms with E-state index in [0.717, 1.165) is 21.3 Å². The van der Waals surface area contributed by atoms with E-state index < -0.39 is 0 Å². The Hall–Kier alpha value is -1.04. The molecule has 1 aromatic carbocycles. The van der Waals surface area contributed by atoms with Gasteiger partial charge in [-0.25, -0.2) is 4.98 Å². The fourth-order valence-electron chi connectivity index (χ4n) is 1.40. The number of hydrogen-bond donors (Lipinski definition) is 1. The summed E-state index contributed by atoms with van der Waals surface area (Å²) in [6.07, 6.45) is 2.04. The molecule has 0 radical (unpaired) electrons. The summed E-state index contributed by atoms with van der Waals surface area (Å²) in [5.41, 5.74) is 6.46. The average molecular weight is 266 g/mol. The van der Waals surface area contributed by atoms with Gasteiger partial charge in [-0.3, -0.25) is 0 Å². The Morgan fingerprint density at radius 1 is 1.41 bits per heavy atom. The Balaban J connectivity index is 2.01. The number of nitrogens with zero attached hydrogens (tertiary/aromatic N) is 1. The first kappa shape index (κ1) is 12.4. The summed E-state index contributed by atoms with van der Waals surface area (Å²) in [5.74, 6) is 0.905. The number of thiazole rings is 1. The second kappa shape index (κ2) is 6.05. The maximum absolute atomic E-state index is 5.75. The highest BCUT2D eigenvalue weighted by Crippen LogP contribution is 2.27. The maximum atomic E-state index is 5.75. The third kappa shape index (κ3) is 3.21. The van der Waals surface area contributed by atoms with Crippen molar-refractivity contribution >= 4 is 23.1 Å². The molecule has 1 aromatic heterocycles. The smallest absolute Gasteiger partial charge is 0.133 e. The van der Waals surface area contributed by atoms with Crippen molar-refractivity contribution in [2.75, 3.05) is 6.26 Å². The van der Waals surface area contributed by atoms with Gasteiger partial charge in [0.1, 0.15) is 17.4 Å². The predicted octanol–water partition coefficient (Wildman–Crippen LogP) is 2.90. The molecule has 2 N–H and O–H groups in total. The lowest BCUT2D eigenvalue weighted by Gasteiger charge is -2.08. The van der Waals surface area contributed by atoms with Crippen molar-refractivity contribution in [3.63, 3.8) is 0 Å². The van der Waals surface area contributed by atoms with Crippen LogP contribution in [0.4, 0.5) is 0 Å². The number of rotatable bonds is 5. The molecule has 0 bridgehead atoms. The van der Waals surface area contributed by atoms with Crippen molar-refractivity contribution in [3.8, 4) is 5.75 Å². The number of thioether (sulfide) groups is 1. The summed E-state index contributed by atoms with van der Waals surface area (Å²) in [4.78, 5) is 5.50. The number of aromatic nitrogens is 1. The van der Waals surface area contributed by atoms with Crippen LogP contribution in [0.5, 0.6) is 5.75 Å². The molecular weight excluding hydrogens is 252 g/mol. The molecule has 2 aromatic rings. The number of benzene rings is 1. The van der Waals surface area contributed by atoms with Gasteiger partial charge in [0.15, 0.2) is 0 Å². The van der Waals surface area contributed by atoms with Crippen molar-refractivity contribution in [2.24, 2.45) is 5.73 Å².